The van der Waals surface area contributed by atoms with Crippen LogP contribution < -0.4 is 11.5 Å². The van der Waals surface area contributed by atoms with Gasteiger partial charge in [-0.3, -0.25) is 9.59 Å². The number of anilines is 1. The predicted octanol–water partition coefficient (Wildman–Crippen LogP) is 2.19. The van der Waals surface area contributed by atoms with Crippen molar-refractivity contribution < 1.29 is 14.3 Å². The number of rotatable bonds is 3. The summed E-state index contributed by atoms with van der Waals surface area (Å²) in [6.07, 6.45) is 1.06. The van der Waals surface area contributed by atoms with Crippen molar-refractivity contribution in [2.45, 2.75) is 6.10 Å². The van der Waals surface area contributed by atoms with Crippen LogP contribution in [0, 0.1) is 0 Å². The summed E-state index contributed by atoms with van der Waals surface area (Å²) in [7, 11) is 0. The molecule has 2 amide bonds. The number of ether oxygens (including phenoxy) is 1. The van der Waals surface area contributed by atoms with Gasteiger partial charge < -0.3 is 21.1 Å². The lowest BCUT2D eigenvalue weighted by atomic mass is 10.0. The van der Waals surface area contributed by atoms with Gasteiger partial charge in [0.1, 0.15) is 11.9 Å². The Balaban J connectivity index is 1.66. The molecule has 0 radical (unpaired) electrons. The van der Waals surface area contributed by atoms with E-state index in [2.05, 4.69) is 4.98 Å². The number of hydrogen-bond donors (Lipinski definition) is 2. The van der Waals surface area contributed by atoms with Crippen molar-refractivity contribution >= 4 is 39.1 Å². The van der Waals surface area contributed by atoms with Crippen LogP contribution in [0.1, 0.15) is 31.7 Å². The molecule has 2 aromatic heterocycles. The van der Waals surface area contributed by atoms with Gasteiger partial charge >= 0.3 is 0 Å². The largest absolute Gasteiger partial charge is 0.384 e. The first-order valence-corrected chi connectivity index (χ1v) is 9.30. The average molecular weight is 382 g/mol. The number of hydrogen-bond acceptors (Lipinski definition) is 6. The van der Waals surface area contributed by atoms with E-state index in [0.717, 1.165) is 15.6 Å². The second kappa shape index (κ2) is 6.98. The molecule has 1 fully saturated rings. The molecule has 0 unspecified atom stereocenters. The van der Waals surface area contributed by atoms with Crippen LogP contribution in [0.25, 0.3) is 10.1 Å². The van der Waals surface area contributed by atoms with Gasteiger partial charge in [-0.05, 0) is 23.6 Å². The quantitative estimate of drug-likeness (QED) is 0.721. The molecule has 1 aliphatic heterocycles. The molecule has 138 valence electrons. The zero-order valence-corrected chi connectivity index (χ0v) is 15.2. The molecule has 0 bridgehead atoms. The Bertz CT molecular complexity index is 1020. The Labute approximate surface area is 159 Å². The van der Waals surface area contributed by atoms with Gasteiger partial charge in [-0.1, -0.05) is 18.2 Å². The standard InChI is InChI=1S/C19H18N4O3S/c20-15-6-5-11(9-22-15)19(25)23-7-8-26-13(10-23)16-12-3-1-2-4-14(12)27-17(16)18(21)24/h1-6,9,13H,7-8,10H2,(H2,20,22)(H2,21,24)/t13-/m1/s1. The van der Waals surface area contributed by atoms with Gasteiger partial charge in [0.05, 0.1) is 23.6 Å². The topological polar surface area (TPSA) is 112 Å². The number of nitrogens with zero attached hydrogens (tertiary/aromatic N) is 2. The van der Waals surface area contributed by atoms with Gasteiger partial charge in [-0.25, -0.2) is 4.98 Å². The Morgan fingerprint density at radius 2 is 2.04 bits per heavy atom. The number of carbonyl (C=O) groups is 2. The third-order valence-corrected chi connectivity index (χ3v) is 5.77. The molecule has 0 spiro atoms. The number of amides is 2. The third-order valence-electron chi connectivity index (χ3n) is 4.57. The van der Waals surface area contributed by atoms with E-state index in [1.807, 2.05) is 24.3 Å². The third kappa shape index (κ3) is 3.24. The molecule has 8 heteroatoms. The van der Waals surface area contributed by atoms with E-state index in [9.17, 15) is 9.59 Å². The molecule has 4 rings (SSSR count). The number of aromatic nitrogens is 1. The van der Waals surface area contributed by atoms with E-state index >= 15 is 0 Å². The Kier molecular flexibility index (Phi) is 4.51. The van der Waals surface area contributed by atoms with Crippen LogP contribution in [-0.2, 0) is 4.74 Å². The maximum Gasteiger partial charge on any atom is 0.259 e. The smallest absolute Gasteiger partial charge is 0.259 e. The van der Waals surface area contributed by atoms with Gasteiger partial charge in [0.2, 0.25) is 0 Å². The van der Waals surface area contributed by atoms with Gasteiger partial charge in [-0.2, -0.15) is 0 Å². The fourth-order valence-electron chi connectivity index (χ4n) is 3.29. The van der Waals surface area contributed by atoms with E-state index in [0.29, 0.717) is 36.0 Å². The molecular formula is C19H18N4O3S. The average Bonchev–Trinajstić information content (AvgIpc) is 3.08. The highest BCUT2D eigenvalue weighted by atomic mass is 32.1. The first-order valence-electron chi connectivity index (χ1n) is 8.48. The SMILES string of the molecule is NC(=O)c1sc2ccccc2c1[C@H]1CN(C(=O)c2ccc(N)nc2)CCO1. The van der Waals surface area contributed by atoms with Crippen LogP contribution in [0.3, 0.4) is 0 Å². The molecule has 3 aromatic rings. The van der Waals surface area contributed by atoms with E-state index < -0.39 is 12.0 Å². The lowest BCUT2D eigenvalue weighted by molar-refractivity contribution is -0.0222. The molecule has 27 heavy (non-hydrogen) atoms. The van der Waals surface area contributed by atoms with Crippen molar-refractivity contribution in [3.05, 3.63) is 58.6 Å². The van der Waals surface area contributed by atoms with Gasteiger partial charge in [0.15, 0.2) is 0 Å². The summed E-state index contributed by atoms with van der Waals surface area (Å²) >= 11 is 1.35. The summed E-state index contributed by atoms with van der Waals surface area (Å²) in [5.41, 5.74) is 12.4. The van der Waals surface area contributed by atoms with E-state index in [1.54, 1.807) is 17.0 Å². The molecule has 1 saturated heterocycles. The molecule has 3 heterocycles. The van der Waals surface area contributed by atoms with E-state index in [4.69, 9.17) is 16.2 Å². The number of nitrogen functional groups attached to an aromatic ring is 1. The Morgan fingerprint density at radius 3 is 2.78 bits per heavy atom. The number of carbonyl (C=O) groups excluding carboxylic acids is 2. The fourth-order valence-corrected chi connectivity index (χ4v) is 4.40. The second-order valence-electron chi connectivity index (χ2n) is 6.29. The fraction of sp³-hybridized carbons (Fsp3) is 0.211. The molecule has 1 aliphatic rings. The molecule has 1 aromatic carbocycles. The van der Waals surface area contributed by atoms with Crippen LogP contribution in [-0.4, -0.2) is 41.4 Å². The van der Waals surface area contributed by atoms with Crippen molar-refractivity contribution in [3.63, 3.8) is 0 Å². The summed E-state index contributed by atoms with van der Waals surface area (Å²) < 4.78 is 6.89. The van der Waals surface area contributed by atoms with Gasteiger partial charge in [-0.15, -0.1) is 11.3 Å². The highest BCUT2D eigenvalue weighted by molar-refractivity contribution is 7.21. The van der Waals surface area contributed by atoms with Crippen LogP contribution in [0.15, 0.2) is 42.6 Å². The number of morpholine rings is 1. The van der Waals surface area contributed by atoms with Crippen LogP contribution >= 0.6 is 11.3 Å². The van der Waals surface area contributed by atoms with E-state index in [1.165, 1.54) is 17.5 Å². The summed E-state index contributed by atoms with van der Waals surface area (Å²) in [6, 6.07) is 11.0. The molecule has 1 atom stereocenters. The molecule has 0 saturated carbocycles. The van der Waals surface area contributed by atoms with Crippen LogP contribution in [0.5, 0.6) is 0 Å². The number of primary amides is 1. The minimum absolute atomic E-state index is 0.143. The van der Waals surface area contributed by atoms with Crippen molar-refractivity contribution in [1.82, 2.24) is 9.88 Å². The number of thiophene rings is 1. The minimum atomic E-state index is -0.485. The Morgan fingerprint density at radius 1 is 1.22 bits per heavy atom. The maximum atomic E-state index is 12.8. The minimum Gasteiger partial charge on any atom is -0.384 e. The normalized spacial score (nSPS) is 17.2. The summed E-state index contributed by atoms with van der Waals surface area (Å²) in [4.78, 5) is 31.0. The molecular weight excluding hydrogens is 364 g/mol. The number of pyridine rings is 1. The summed E-state index contributed by atoms with van der Waals surface area (Å²) in [5, 5.41) is 0.935. The lowest BCUT2D eigenvalue weighted by Crippen LogP contribution is -2.42. The molecule has 4 N–H and O–H groups in total. The maximum absolute atomic E-state index is 12.8. The first kappa shape index (κ1) is 17.4. The second-order valence-corrected chi connectivity index (χ2v) is 7.34. The zero-order valence-electron chi connectivity index (χ0n) is 14.4. The van der Waals surface area contributed by atoms with Crippen molar-refractivity contribution in [1.29, 1.82) is 0 Å². The van der Waals surface area contributed by atoms with E-state index in [-0.39, 0.29) is 5.91 Å². The monoisotopic (exact) mass is 382 g/mol. The Hall–Kier alpha value is -2.97. The van der Waals surface area contributed by atoms with Crippen LogP contribution in [0.4, 0.5) is 5.82 Å². The van der Waals surface area contributed by atoms with Crippen LogP contribution in [0.2, 0.25) is 0 Å². The van der Waals surface area contributed by atoms with Gasteiger partial charge in [0, 0.05) is 23.0 Å². The zero-order chi connectivity index (χ0) is 19.0. The lowest BCUT2D eigenvalue weighted by Gasteiger charge is -2.33. The number of fused-ring (bicyclic) bond motifs is 1. The van der Waals surface area contributed by atoms with Gasteiger partial charge in [0.25, 0.3) is 11.8 Å². The van der Waals surface area contributed by atoms with Crippen molar-refractivity contribution in [2.24, 2.45) is 5.73 Å². The summed E-state index contributed by atoms with van der Waals surface area (Å²) in [5.74, 6) is -0.265. The van der Waals surface area contributed by atoms with Crippen molar-refractivity contribution in [3.8, 4) is 0 Å². The number of nitrogens with two attached hydrogens (primary N) is 2. The van der Waals surface area contributed by atoms with Crippen molar-refractivity contribution in [2.75, 3.05) is 25.4 Å². The molecule has 0 aliphatic carbocycles. The number of benzene rings is 1. The predicted molar refractivity (Wildman–Crippen MR) is 104 cm³/mol. The molecule has 7 nitrogen and oxygen atoms in total. The first-order chi connectivity index (χ1) is 13.0. The highest BCUT2D eigenvalue weighted by Gasteiger charge is 2.31. The highest BCUT2D eigenvalue weighted by Crippen LogP contribution is 2.38. The summed E-state index contributed by atoms with van der Waals surface area (Å²) in [6.45, 7) is 1.18.